The fourth-order valence-corrected chi connectivity index (χ4v) is 3.13. The number of ether oxygens (including phenoxy) is 1. The van der Waals surface area contributed by atoms with Gasteiger partial charge in [0, 0.05) is 11.6 Å². The smallest absolute Gasteiger partial charge is 0.118 e. The average molecular weight is 360 g/mol. The lowest BCUT2D eigenvalue weighted by Gasteiger charge is -2.19. The first kappa shape index (κ1) is 19.8. The summed E-state index contributed by atoms with van der Waals surface area (Å²) >= 11 is 5.93. The molecule has 2 aromatic carbocycles. The summed E-state index contributed by atoms with van der Waals surface area (Å²) in [5, 5.41) is 4.35. The van der Waals surface area contributed by atoms with Crippen LogP contribution in [0.25, 0.3) is 0 Å². The molecule has 0 aliphatic carbocycles. The molecule has 25 heavy (non-hydrogen) atoms. The highest BCUT2D eigenvalue weighted by Crippen LogP contribution is 2.28. The van der Waals surface area contributed by atoms with Gasteiger partial charge in [-0.25, -0.2) is 0 Å². The molecule has 0 saturated carbocycles. The second-order valence-electron chi connectivity index (χ2n) is 7.03. The van der Waals surface area contributed by atoms with Crippen LogP contribution in [0.2, 0.25) is 5.02 Å². The van der Waals surface area contributed by atoms with Crippen molar-refractivity contribution in [2.75, 3.05) is 13.7 Å². The van der Waals surface area contributed by atoms with Gasteiger partial charge in [-0.15, -0.1) is 0 Å². The van der Waals surface area contributed by atoms with Gasteiger partial charge in [0.15, 0.2) is 0 Å². The van der Waals surface area contributed by atoms with Crippen LogP contribution in [0.1, 0.15) is 50.2 Å². The number of benzene rings is 2. The molecule has 2 aromatic rings. The summed E-state index contributed by atoms with van der Waals surface area (Å²) < 4.78 is 5.28. The molecule has 1 atom stereocenters. The zero-order valence-electron chi connectivity index (χ0n) is 15.6. The van der Waals surface area contributed by atoms with Crippen molar-refractivity contribution in [3.8, 4) is 5.75 Å². The Kier molecular flexibility index (Phi) is 8.30. The van der Waals surface area contributed by atoms with Crippen LogP contribution in [-0.2, 0) is 6.54 Å². The molecule has 0 fully saturated rings. The van der Waals surface area contributed by atoms with Gasteiger partial charge in [0.2, 0.25) is 0 Å². The van der Waals surface area contributed by atoms with Gasteiger partial charge in [-0.1, -0.05) is 56.1 Å². The molecule has 3 heteroatoms. The minimum atomic E-state index is 0.589. The molecule has 0 heterocycles. The Balaban J connectivity index is 1.87. The van der Waals surface area contributed by atoms with Crippen LogP contribution in [-0.4, -0.2) is 13.7 Å². The van der Waals surface area contributed by atoms with E-state index in [0.29, 0.717) is 5.92 Å². The number of hydrogen-bond donors (Lipinski definition) is 1. The predicted octanol–water partition coefficient (Wildman–Crippen LogP) is 6.05. The number of methoxy groups -OCH3 is 1. The molecule has 0 bridgehead atoms. The van der Waals surface area contributed by atoms with E-state index in [4.69, 9.17) is 16.3 Å². The summed E-state index contributed by atoms with van der Waals surface area (Å²) in [5.74, 6) is 2.25. The van der Waals surface area contributed by atoms with Crippen LogP contribution >= 0.6 is 11.6 Å². The molecule has 0 aromatic heterocycles. The molecular formula is C22H30ClNO. The molecule has 0 radical (unpaired) electrons. The van der Waals surface area contributed by atoms with Crippen molar-refractivity contribution in [2.45, 2.75) is 45.6 Å². The van der Waals surface area contributed by atoms with Crippen LogP contribution in [0.5, 0.6) is 5.75 Å². The summed E-state index contributed by atoms with van der Waals surface area (Å²) in [5.41, 5.74) is 2.68. The van der Waals surface area contributed by atoms with E-state index in [1.807, 2.05) is 12.1 Å². The Morgan fingerprint density at radius 3 is 2.20 bits per heavy atom. The molecule has 1 N–H and O–H groups in total. The molecule has 2 nitrogen and oxygen atoms in total. The number of halogens is 1. The third-order valence-corrected chi connectivity index (χ3v) is 4.84. The second-order valence-corrected chi connectivity index (χ2v) is 7.47. The zero-order valence-corrected chi connectivity index (χ0v) is 16.4. The Morgan fingerprint density at radius 2 is 1.60 bits per heavy atom. The van der Waals surface area contributed by atoms with Gasteiger partial charge in [0.1, 0.15) is 5.75 Å². The lowest BCUT2D eigenvalue weighted by molar-refractivity contribution is 0.414. The van der Waals surface area contributed by atoms with Crippen molar-refractivity contribution < 1.29 is 4.74 Å². The van der Waals surface area contributed by atoms with Crippen molar-refractivity contribution >= 4 is 11.6 Å². The molecule has 0 aliphatic heterocycles. The summed E-state index contributed by atoms with van der Waals surface area (Å²) in [7, 11) is 1.71. The molecule has 0 amide bonds. The lowest BCUT2D eigenvalue weighted by atomic mass is 9.88. The Bertz CT molecular complexity index is 607. The van der Waals surface area contributed by atoms with E-state index in [1.54, 1.807) is 7.11 Å². The summed E-state index contributed by atoms with van der Waals surface area (Å²) in [6, 6.07) is 16.6. The first-order valence-corrected chi connectivity index (χ1v) is 9.55. The van der Waals surface area contributed by atoms with Crippen LogP contribution in [0.4, 0.5) is 0 Å². The third kappa shape index (κ3) is 7.09. The predicted molar refractivity (Wildman–Crippen MR) is 108 cm³/mol. The van der Waals surface area contributed by atoms with Crippen LogP contribution < -0.4 is 10.1 Å². The number of hydrogen-bond acceptors (Lipinski definition) is 2. The summed E-state index contributed by atoms with van der Waals surface area (Å²) in [6.45, 7) is 6.49. The highest BCUT2D eigenvalue weighted by atomic mass is 35.5. The van der Waals surface area contributed by atoms with Crippen molar-refractivity contribution in [3.63, 3.8) is 0 Å². The largest absolute Gasteiger partial charge is 0.497 e. The van der Waals surface area contributed by atoms with Crippen LogP contribution in [0.3, 0.4) is 0 Å². The van der Waals surface area contributed by atoms with E-state index in [1.165, 1.54) is 24.0 Å². The lowest BCUT2D eigenvalue weighted by Crippen LogP contribution is -2.17. The first-order valence-electron chi connectivity index (χ1n) is 9.17. The van der Waals surface area contributed by atoms with E-state index in [0.717, 1.165) is 36.2 Å². The van der Waals surface area contributed by atoms with Crippen molar-refractivity contribution in [1.82, 2.24) is 5.32 Å². The number of nitrogens with one attached hydrogen (secondary N) is 1. The van der Waals surface area contributed by atoms with Gasteiger partial charge in [-0.05, 0) is 66.6 Å². The minimum Gasteiger partial charge on any atom is -0.497 e. The van der Waals surface area contributed by atoms with Crippen molar-refractivity contribution in [2.24, 2.45) is 5.92 Å². The monoisotopic (exact) mass is 359 g/mol. The molecule has 0 spiro atoms. The molecule has 136 valence electrons. The molecule has 0 unspecified atom stereocenters. The normalized spacial score (nSPS) is 12.4. The van der Waals surface area contributed by atoms with Gasteiger partial charge in [0.05, 0.1) is 7.11 Å². The first-order chi connectivity index (χ1) is 12.1. The van der Waals surface area contributed by atoms with E-state index in [-0.39, 0.29) is 0 Å². The van der Waals surface area contributed by atoms with Crippen LogP contribution in [0.15, 0.2) is 48.5 Å². The van der Waals surface area contributed by atoms with E-state index >= 15 is 0 Å². The quantitative estimate of drug-likeness (QED) is 0.521. The van der Waals surface area contributed by atoms with E-state index in [9.17, 15) is 0 Å². The minimum absolute atomic E-state index is 0.589. The fraction of sp³-hybridized carbons (Fsp3) is 0.455. The maximum absolute atomic E-state index is 5.93. The standard InChI is InChI=1S/C22H30ClNO/c1-17(2)4-7-20(19-8-12-22(25-3)13-9-19)14-15-24-16-18-5-10-21(23)11-6-18/h5-6,8-13,17,20,24H,4,7,14-16H2,1-3H3/t20-/m0/s1. The number of rotatable bonds is 10. The molecule has 2 rings (SSSR count). The summed E-state index contributed by atoms with van der Waals surface area (Å²) in [4.78, 5) is 0. The molecule has 0 saturated heterocycles. The van der Waals surface area contributed by atoms with Gasteiger partial charge in [-0.2, -0.15) is 0 Å². The highest BCUT2D eigenvalue weighted by Gasteiger charge is 2.12. The van der Waals surface area contributed by atoms with Crippen molar-refractivity contribution in [3.05, 3.63) is 64.7 Å². The zero-order chi connectivity index (χ0) is 18.1. The molecular weight excluding hydrogens is 330 g/mol. The average Bonchev–Trinajstić information content (AvgIpc) is 2.62. The molecule has 0 aliphatic rings. The second kappa shape index (κ2) is 10.5. The fourth-order valence-electron chi connectivity index (χ4n) is 3.00. The van der Waals surface area contributed by atoms with Crippen LogP contribution in [0, 0.1) is 5.92 Å². The SMILES string of the molecule is COc1ccc([C@H](CCNCc2ccc(Cl)cc2)CCC(C)C)cc1. The van der Waals surface area contributed by atoms with Gasteiger partial charge >= 0.3 is 0 Å². The maximum atomic E-state index is 5.93. The van der Waals surface area contributed by atoms with Gasteiger partial charge < -0.3 is 10.1 Å². The maximum Gasteiger partial charge on any atom is 0.118 e. The Hall–Kier alpha value is -1.51. The summed E-state index contributed by atoms with van der Waals surface area (Å²) in [6.07, 6.45) is 3.63. The van der Waals surface area contributed by atoms with Gasteiger partial charge in [-0.3, -0.25) is 0 Å². The van der Waals surface area contributed by atoms with Gasteiger partial charge in [0.25, 0.3) is 0 Å². The van der Waals surface area contributed by atoms with E-state index < -0.39 is 0 Å². The Morgan fingerprint density at radius 1 is 0.920 bits per heavy atom. The van der Waals surface area contributed by atoms with E-state index in [2.05, 4.69) is 55.6 Å². The third-order valence-electron chi connectivity index (χ3n) is 4.59. The van der Waals surface area contributed by atoms with Crippen molar-refractivity contribution in [1.29, 1.82) is 0 Å². The topological polar surface area (TPSA) is 21.3 Å². The Labute approximate surface area is 157 Å². The highest BCUT2D eigenvalue weighted by molar-refractivity contribution is 6.30.